The number of hydrogen-bond acceptors (Lipinski definition) is 1. The van der Waals surface area contributed by atoms with Crippen LogP contribution in [-0.2, 0) is 0 Å². The first kappa shape index (κ1) is 8.98. The van der Waals surface area contributed by atoms with Gasteiger partial charge in [-0.1, -0.05) is 0 Å². The summed E-state index contributed by atoms with van der Waals surface area (Å²) in [7, 11) is 0. The molecule has 0 saturated heterocycles. The van der Waals surface area contributed by atoms with Crippen molar-refractivity contribution in [1.82, 2.24) is 0 Å². The molecular formula is C2H11BO. The van der Waals surface area contributed by atoms with Gasteiger partial charge in [0, 0.05) is 8.03 Å². The van der Waals surface area contributed by atoms with E-state index < -0.39 is 0 Å². The van der Waals surface area contributed by atoms with E-state index in [0.29, 0.717) is 0 Å². The maximum atomic E-state index is 7.57. The summed E-state index contributed by atoms with van der Waals surface area (Å²) < 4.78 is 0. The highest BCUT2D eigenvalue weighted by molar-refractivity contribution is 5.75. The van der Waals surface area contributed by atoms with E-state index in [1.54, 1.807) is 6.92 Å². The SMILES string of the molecule is B.CCO.[HH]. The fraction of sp³-hybridized carbons (Fsp3) is 1.00. The number of aliphatic hydroxyl groups excluding tert-OH is 1. The van der Waals surface area contributed by atoms with Crippen molar-refractivity contribution in [1.29, 1.82) is 0 Å². The summed E-state index contributed by atoms with van der Waals surface area (Å²) >= 11 is 0. The Morgan fingerprint density at radius 2 is 2.00 bits per heavy atom. The minimum Gasteiger partial charge on any atom is -0.397 e. The van der Waals surface area contributed by atoms with Crippen LogP contribution in [0.1, 0.15) is 8.35 Å². The topological polar surface area (TPSA) is 20.2 Å². The van der Waals surface area contributed by atoms with Gasteiger partial charge in [-0.2, -0.15) is 0 Å². The highest BCUT2D eigenvalue weighted by atomic mass is 16.2. The average Bonchev–Trinajstić information content (AvgIpc) is 0.918. The van der Waals surface area contributed by atoms with Gasteiger partial charge in [-0.25, -0.2) is 0 Å². The minimum atomic E-state index is 0. The third-order valence-electron chi connectivity index (χ3n) is 0. The molecule has 0 radical (unpaired) electrons. The molecule has 0 atom stereocenters. The van der Waals surface area contributed by atoms with Crippen molar-refractivity contribution in [2.75, 3.05) is 6.61 Å². The monoisotopic (exact) mass is 62.1 g/mol. The van der Waals surface area contributed by atoms with Crippen molar-refractivity contribution in [3.63, 3.8) is 0 Å². The van der Waals surface area contributed by atoms with Crippen molar-refractivity contribution in [2.24, 2.45) is 0 Å². The molecule has 0 saturated carbocycles. The Labute approximate surface area is 29.7 Å². The van der Waals surface area contributed by atoms with Crippen LogP contribution >= 0.6 is 0 Å². The molecule has 2 heteroatoms. The van der Waals surface area contributed by atoms with Crippen LogP contribution in [0.15, 0.2) is 0 Å². The Morgan fingerprint density at radius 3 is 2.00 bits per heavy atom. The molecule has 0 aromatic rings. The third kappa shape index (κ3) is 3420. The Morgan fingerprint density at radius 1 is 2.00 bits per heavy atom. The Hall–Kier alpha value is 0.0249. The van der Waals surface area contributed by atoms with Gasteiger partial charge in [0.15, 0.2) is 0 Å². The van der Waals surface area contributed by atoms with Gasteiger partial charge >= 0.3 is 0 Å². The molecule has 0 aromatic heterocycles. The van der Waals surface area contributed by atoms with Gasteiger partial charge in [0.1, 0.15) is 0 Å². The predicted octanol–water partition coefficient (Wildman–Crippen LogP) is -0.939. The smallest absolute Gasteiger partial charge is 0.0814 e. The lowest BCUT2D eigenvalue weighted by Crippen LogP contribution is -1.57. The molecule has 0 fully saturated rings. The average molecular weight is 61.9 g/mol. The van der Waals surface area contributed by atoms with Gasteiger partial charge in [-0.15, -0.1) is 0 Å². The molecule has 4 heavy (non-hydrogen) atoms. The quantitative estimate of drug-likeness (QED) is 0.359. The van der Waals surface area contributed by atoms with Crippen LogP contribution in [-0.4, -0.2) is 20.1 Å². The van der Waals surface area contributed by atoms with Crippen molar-refractivity contribution >= 4 is 8.41 Å². The summed E-state index contributed by atoms with van der Waals surface area (Å²) in [6.45, 7) is 1.93. The fourth-order valence-electron chi connectivity index (χ4n) is 0. The molecular weight excluding hydrogens is 50.8 g/mol. The standard InChI is InChI=1S/C2H6O.BH3.H2/c1-2-3;;/h3H,2H2,1H3;1H3;1H. The second-order valence-electron chi connectivity index (χ2n) is 0.316. The molecule has 1 N–H and O–H groups in total. The van der Waals surface area contributed by atoms with Crippen LogP contribution in [0.25, 0.3) is 0 Å². The maximum absolute atomic E-state index is 7.57. The normalized spacial score (nSPS) is 4.50. The Balaban J connectivity index is -0.0000000200. The maximum Gasteiger partial charge on any atom is 0.0814 e. The van der Waals surface area contributed by atoms with Gasteiger partial charge in [-0.3, -0.25) is 0 Å². The Kier molecular flexibility index (Phi) is 26.5. The number of rotatable bonds is 0. The lowest BCUT2D eigenvalue weighted by molar-refractivity contribution is 0.318. The lowest BCUT2D eigenvalue weighted by atomic mass is 10.8. The van der Waals surface area contributed by atoms with E-state index in [2.05, 4.69) is 0 Å². The molecule has 0 heterocycles. The van der Waals surface area contributed by atoms with Crippen molar-refractivity contribution in [3.05, 3.63) is 0 Å². The molecule has 28 valence electrons. The summed E-state index contributed by atoms with van der Waals surface area (Å²) in [5, 5.41) is 7.57. The molecule has 0 aliphatic rings. The van der Waals surface area contributed by atoms with E-state index in [-0.39, 0.29) is 16.4 Å². The van der Waals surface area contributed by atoms with Crippen molar-refractivity contribution in [2.45, 2.75) is 6.92 Å². The third-order valence-corrected chi connectivity index (χ3v) is 0. The second kappa shape index (κ2) is 11.8. The first-order valence-corrected chi connectivity index (χ1v) is 1.02. The van der Waals surface area contributed by atoms with E-state index in [0.717, 1.165) is 0 Å². The summed E-state index contributed by atoms with van der Waals surface area (Å²) in [6, 6.07) is 0. The first-order chi connectivity index (χ1) is 1.41. The lowest BCUT2D eigenvalue weighted by Gasteiger charge is -1.52. The van der Waals surface area contributed by atoms with Gasteiger partial charge in [0.05, 0.1) is 8.41 Å². The van der Waals surface area contributed by atoms with Crippen LogP contribution in [0.2, 0.25) is 0 Å². The van der Waals surface area contributed by atoms with Gasteiger partial charge in [0.2, 0.25) is 0 Å². The first-order valence-electron chi connectivity index (χ1n) is 1.02. The molecule has 0 aromatic carbocycles. The van der Waals surface area contributed by atoms with Gasteiger partial charge in [0.25, 0.3) is 0 Å². The summed E-state index contributed by atoms with van der Waals surface area (Å²) in [4.78, 5) is 0. The minimum absolute atomic E-state index is 0. The fourth-order valence-corrected chi connectivity index (χ4v) is 0. The summed E-state index contributed by atoms with van der Waals surface area (Å²) in [5.74, 6) is 0. The molecule has 0 aliphatic heterocycles. The summed E-state index contributed by atoms with van der Waals surface area (Å²) in [5.41, 5.74) is 0. The van der Waals surface area contributed by atoms with Crippen LogP contribution < -0.4 is 0 Å². The van der Waals surface area contributed by atoms with E-state index in [9.17, 15) is 0 Å². The van der Waals surface area contributed by atoms with Gasteiger partial charge in [-0.05, 0) is 6.92 Å². The number of aliphatic hydroxyl groups is 1. The molecule has 0 bridgehead atoms. The van der Waals surface area contributed by atoms with Crippen LogP contribution in [0.5, 0.6) is 0 Å². The highest BCUT2D eigenvalue weighted by Gasteiger charge is 1.34. The molecule has 0 spiro atoms. The predicted molar refractivity (Wildman–Crippen MR) is 24.8 cm³/mol. The van der Waals surface area contributed by atoms with Gasteiger partial charge < -0.3 is 5.11 Å². The second-order valence-corrected chi connectivity index (χ2v) is 0.316. The molecule has 0 rings (SSSR count). The molecule has 0 aliphatic carbocycles. The van der Waals surface area contributed by atoms with E-state index in [1.807, 2.05) is 0 Å². The van der Waals surface area contributed by atoms with E-state index in [4.69, 9.17) is 5.11 Å². The van der Waals surface area contributed by atoms with Crippen molar-refractivity contribution < 1.29 is 6.53 Å². The highest BCUT2D eigenvalue weighted by Crippen LogP contribution is 1.30. The van der Waals surface area contributed by atoms with Crippen LogP contribution in [0, 0.1) is 0 Å². The molecule has 0 amide bonds. The molecule has 0 unspecified atom stereocenters. The Bertz CT molecular complexity index is 9.61. The number of hydrogen-bond donors (Lipinski definition) is 1. The summed E-state index contributed by atoms with van der Waals surface area (Å²) in [6.07, 6.45) is 0. The van der Waals surface area contributed by atoms with Crippen LogP contribution in [0.3, 0.4) is 0 Å². The van der Waals surface area contributed by atoms with Crippen LogP contribution in [0.4, 0.5) is 0 Å². The zero-order chi connectivity index (χ0) is 2.71. The van der Waals surface area contributed by atoms with E-state index >= 15 is 0 Å². The van der Waals surface area contributed by atoms with E-state index in [1.165, 1.54) is 0 Å². The van der Waals surface area contributed by atoms with Crippen molar-refractivity contribution in [3.8, 4) is 0 Å². The zero-order valence-electron chi connectivity index (χ0n) is 2.15. The molecule has 1 nitrogen and oxygen atoms in total. The zero-order valence-corrected chi connectivity index (χ0v) is 2.15. The largest absolute Gasteiger partial charge is 0.397 e.